The molecule has 80 valence electrons. The third-order valence-electron chi connectivity index (χ3n) is 1.99. The molecule has 0 amide bonds. The number of nitrogens with zero attached hydrogens (tertiary/aromatic N) is 1. The van der Waals surface area contributed by atoms with Gasteiger partial charge in [0.1, 0.15) is 0 Å². The Bertz CT molecular complexity index is 221. The van der Waals surface area contributed by atoms with Crippen LogP contribution in [0.15, 0.2) is 12.8 Å². The van der Waals surface area contributed by atoms with E-state index in [1.807, 2.05) is 13.8 Å². The van der Waals surface area contributed by atoms with Crippen LogP contribution >= 0.6 is 0 Å². The van der Waals surface area contributed by atoms with Crippen molar-refractivity contribution in [2.75, 3.05) is 13.1 Å². The van der Waals surface area contributed by atoms with Gasteiger partial charge in [-0.25, -0.2) is 4.79 Å². The van der Waals surface area contributed by atoms with Crippen LogP contribution in [0.25, 0.3) is 0 Å². The summed E-state index contributed by atoms with van der Waals surface area (Å²) >= 11 is 0. The molecule has 0 aromatic heterocycles. The zero-order valence-corrected chi connectivity index (χ0v) is 8.95. The summed E-state index contributed by atoms with van der Waals surface area (Å²) in [5.41, 5.74) is 0. The van der Waals surface area contributed by atoms with Crippen LogP contribution in [0.2, 0.25) is 0 Å². The Labute approximate surface area is 84.5 Å². The summed E-state index contributed by atoms with van der Waals surface area (Å²) in [4.78, 5) is 24.4. The normalized spacial score (nSPS) is 12.3. The third kappa shape index (κ3) is 3.30. The molecule has 0 saturated carbocycles. The van der Waals surface area contributed by atoms with Crippen molar-refractivity contribution in [3.05, 3.63) is 12.8 Å². The first-order valence-electron chi connectivity index (χ1n) is 4.64. The second-order valence-corrected chi connectivity index (χ2v) is 2.84. The van der Waals surface area contributed by atoms with Gasteiger partial charge in [-0.05, 0) is 20.0 Å². The monoisotopic (exact) mass is 199 g/mol. The Morgan fingerprint density at radius 2 is 1.93 bits per heavy atom. The topological polar surface area (TPSA) is 46.6 Å². The fraction of sp³-hybridized carbons (Fsp3) is 0.600. The van der Waals surface area contributed by atoms with Crippen LogP contribution < -0.4 is 0 Å². The molecule has 0 heterocycles. The molecule has 0 bridgehead atoms. The number of carbonyl (C=O) groups excluding carboxylic acids is 2. The van der Waals surface area contributed by atoms with Gasteiger partial charge in [0.2, 0.25) is 0 Å². The van der Waals surface area contributed by atoms with E-state index in [2.05, 4.69) is 11.3 Å². The van der Waals surface area contributed by atoms with Crippen molar-refractivity contribution >= 4 is 11.8 Å². The highest BCUT2D eigenvalue weighted by atomic mass is 16.5. The van der Waals surface area contributed by atoms with Gasteiger partial charge in [0.15, 0.2) is 11.8 Å². The minimum Gasteiger partial charge on any atom is -0.434 e. The van der Waals surface area contributed by atoms with Gasteiger partial charge in [0.05, 0.1) is 6.26 Å². The van der Waals surface area contributed by atoms with Crippen molar-refractivity contribution in [2.45, 2.75) is 26.8 Å². The van der Waals surface area contributed by atoms with Crippen molar-refractivity contribution in [1.29, 1.82) is 0 Å². The number of likely N-dealkylation sites (N-methyl/N-ethyl adjacent to an activating group) is 1. The smallest absolute Gasteiger partial charge is 0.335 e. The molecule has 0 aliphatic heterocycles. The highest BCUT2D eigenvalue weighted by molar-refractivity contribution is 6.02. The molecule has 0 aliphatic carbocycles. The Morgan fingerprint density at radius 3 is 2.21 bits per heavy atom. The number of carbonyl (C=O) groups is 2. The molecule has 0 aromatic carbocycles. The number of hydrogen-bond donors (Lipinski definition) is 0. The molecule has 0 aromatic rings. The maximum absolute atomic E-state index is 11.4. The Balaban J connectivity index is 4.64. The lowest BCUT2D eigenvalue weighted by molar-refractivity contribution is -0.148. The van der Waals surface area contributed by atoms with Crippen molar-refractivity contribution in [3.63, 3.8) is 0 Å². The van der Waals surface area contributed by atoms with Crippen LogP contribution in [0.5, 0.6) is 0 Å². The molecule has 0 fully saturated rings. The van der Waals surface area contributed by atoms with Crippen LogP contribution in [0.1, 0.15) is 20.8 Å². The average molecular weight is 199 g/mol. The van der Waals surface area contributed by atoms with Gasteiger partial charge in [0.25, 0.3) is 0 Å². The van der Waals surface area contributed by atoms with Gasteiger partial charge in [-0.2, -0.15) is 0 Å². The van der Waals surface area contributed by atoms with E-state index in [9.17, 15) is 9.59 Å². The van der Waals surface area contributed by atoms with E-state index in [1.165, 1.54) is 6.92 Å². The van der Waals surface area contributed by atoms with E-state index in [-0.39, 0.29) is 5.78 Å². The predicted molar refractivity (Wildman–Crippen MR) is 53.7 cm³/mol. The molecule has 0 radical (unpaired) electrons. The van der Waals surface area contributed by atoms with Gasteiger partial charge in [0, 0.05) is 0 Å². The maximum Gasteiger partial charge on any atom is 0.335 e. The predicted octanol–water partition coefficient (Wildman–Crippen LogP) is 0.972. The lowest BCUT2D eigenvalue weighted by atomic mass is 10.1. The van der Waals surface area contributed by atoms with Crippen molar-refractivity contribution in [1.82, 2.24) is 4.90 Å². The largest absolute Gasteiger partial charge is 0.434 e. The number of hydrogen-bond acceptors (Lipinski definition) is 4. The van der Waals surface area contributed by atoms with Crippen LogP contribution in [-0.2, 0) is 14.3 Å². The summed E-state index contributed by atoms with van der Waals surface area (Å²) in [7, 11) is 0. The molecule has 1 unspecified atom stereocenters. The fourth-order valence-electron chi connectivity index (χ4n) is 1.31. The second kappa shape index (κ2) is 6.32. The molecule has 0 saturated heterocycles. The molecular weight excluding hydrogens is 182 g/mol. The minimum absolute atomic E-state index is 0.208. The van der Waals surface area contributed by atoms with Crippen molar-refractivity contribution < 1.29 is 14.3 Å². The summed E-state index contributed by atoms with van der Waals surface area (Å²) in [5.74, 6) is -0.767. The molecule has 14 heavy (non-hydrogen) atoms. The highest BCUT2D eigenvalue weighted by Crippen LogP contribution is 2.03. The lowest BCUT2D eigenvalue weighted by Gasteiger charge is -2.24. The van der Waals surface area contributed by atoms with Crippen molar-refractivity contribution in [2.24, 2.45) is 0 Å². The van der Waals surface area contributed by atoms with Gasteiger partial charge in [-0.3, -0.25) is 9.69 Å². The molecule has 0 rings (SSSR count). The van der Waals surface area contributed by atoms with Crippen LogP contribution in [0, 0.1) is 0 Å². The second-order valence-electron chi connectivity index (χ2n) is 2.84. The zero-order chi connectivity index (χ0) is 11.1. The molecule has 1 atom stereocenters. The first kappa shape index (κ1) is 12.8. The van der Waals surface area contributed by atoms with Gasteiger partial charge in [-0.15, -0.1) is 0 Å². The lowest BCUT2D eigenvalue weighted by Crippen LogP contribution is -2.46. The SMILES string of the molecule is C=COC(=O)C(C(C)=O)N(CC)CC. The average Bonchev–Trinajstić information content (AvgIpc) is 2.13. The molecular formula is C10H17NO3. The number of rotatable bonds is 6. The molecule has 0 N–H and O–H groups in total. The van der Waals surface area contributed by atoms with Gasteiger partial charge >= 0.3 is 5.97 Å². The van der Waals surface area contributed by atoms with Crippen LogP contribution in [0.3, 0.4) is 0 Å². The van der Waals surface area contributed by atoms with Crippen LogP contribution in [0.4, 0.5) is 0 Å². The van der Waals surface area contributed by atoms with E-state index in [0.29, 0.717) is 13.1 Å². The number of Topliss-reactive ketones (excluding diaryl/α,β-unsaturated/α-hetero) is 1. The number of ether oxygens (including phenoxy) is 1. The summed E-state index contributed by atoms with van der Waals surface area (Å²) in [6.07, 6.45) is 1.04. The standard InChI is InChI=1S/C10H17NO3/c1-5-11(6-2)9(8(4)12)10(13)14-7-3/h7,9H,3,5-6H2,1-2,4H3. The number of esters is 1. The van der Waals surface area contributed by atoms with E-state index in [4.69, 9.17) is 0 Å². The Hall–Kier alpha value is -1.16. The summed E-state index contributed by atoms with van der Waals surface area (Å²) in [5, 5.41) is 0. The first-order chi connectivity index (χ1) is 6.58. The first-order valence-corrected chi connectivity index (χ1v) is 4.64. The fourth-order valence-corrected chi connectivity index (χ4v) is 1.31. The Kier molecular flexibility index (Phi) is 5.79. The summed E-state index contributed by atoms with van der Waals surface area (Å²) in [6.45, 7) is 9.71. The summed E-state index contributed by atoms with van der Waals surface area (Å²) < 4.78 is 4.61. The number of ketones is 1. The van der Waals surface area contributed by atoms with Gasteiger partial charge in [-0.1, -0.05) is 20.4 Å². The van der Waals surface area contributed by atoms with E-state index in [1.54, 1.807) is 4.90 Å². The van der Waals surface area contributed by atoms with E-state index >= 15 is 0 Å². The molecule has 4 heteroatoms. The third-order valence-corrected chi connectivity index (χ3v) is 1.99. The van der Waals surface area contributed by atoms with Gasteiger partial charge < -0.3 is 4.74 Å². The van der Waals surface area contributed by atoms with Crippen molar-refractivity contribution in [3.8, 4) is 0 Å². The maximum atomic E-state index is 11.4. The quantitative estimate of drug-likeness (QED) is 0.363. The van der Waals surface area contributed by atoms with Crippen LogP contribution in [-0.4, -0.2) is 35.8 Å². The van der Waals surface area contributed by atoms with E-state index < -0.39 is 12.0 Å². The van der Waals surface area contributed by atoms with E-state index in [0.717, 1.165) is 6.26 Å². The Morgan fingerprint density at radius 1 is 1.43 bits per heavy atom. The molecule has 0 spiro atoms. The molecule has 0 aliphatic rings. The zero-order valence-electron chi connectivity index (χ0n) is 8.95. The summed E-state index contributed by atoms with van der Waals surface area (Å²) in [6, 6.07) is -0.803. The highest BCUT2D eigenvalue weighted by Gasteiger charge is 2.29. The molecule has 4 nitrogen and oxygen atoms in total. The minimum atomic E-state index is -0.803.